The molecule has 0 radical (unpaired) electrons. The third kappa shape index (κ3) is 4.04. The summed E-state index contributed by atoms with van der Waals surface area (Å²) in [7, 11) is 0. The number of ether oxygens (including phenoxy) is 1. The SMILES string of the molecule is CC(C)COc1ccccc1-c1cc(=O)c2cc(NC(=O)c3nn[nH]n3)ccc2o1. The van der Waals surface area contributed by atoms with Crippen molar-refractivity contribution < 1.29 is 13.9 Å². The van der Waals surface area contributed by atoms with Crippen molar-refractivity contribution in [1.29, 1.82) is 0 Å². The summed E-state index contributed by atoms with van der Waals surface area (Å²) in [6.07, 6.45) is 0. The number of anilines is 1. The molecule has 9 nitrogen and oxygen atoms in total. The molecule has 2 aromatic heterocycles. The van der Waals surface area contributed by atoms with Gasteiger partial charge in [-0.3, -0.25) is 9.59 Å². The number of carbonyl (C=O) groups is 1. The van der Waals surface area contributed by atoms with E-state index < -0.39 is 5.91 Å². The molecule has 1 amide bonds. The Morgan fingerprint density at radius 2 is 2.03 bits per heavy atom. The van der Waals surface area contributed by atoms with Crippen LogP contribution in [-0.2, 0) is 0 Å². The van der Waals surface area contributed by atoms with Crippen LogP contribution in [0.1, 0.15) is 24.5 Å². The van der Waals surface area contributed by atoms with Crippen LogP contribution in [0.5, 0.6) is 5.75 Å². The first-order chi connectivity index (χ1) is 14.5. The quantitative estimate of drug-likeness (QED) is 0.505. The molecule has 4 aromatic rings. The maximum atomic E-state index is 12.8. The largest absolute Gasteiger partial charge is 0.493 e. The Kier molecular flexibility index (Phi) is 5.25. The van der Waals surface area contributed by atoms with E-state index in [0.29, 0.717) is 46.3 Å². The van der Waals surface area contributed by atoms with Crippen molar-refractivity contribution in [2.45, 2.75) is 13.8 Å². The van der Waals surface area contributed by atoms with Gasteiger partial charge in [-0.05, 0) is 41.5 Å². The van der Waals surface area contributed by atoms with E-state index in [2.05, 4.69) is 39.8 Å². The summed E-state index contributed by atoms with van der Waals surface area (Å²) in [5, 5.41) is 15.8. The molecular formula is C21H19N5O4. The molecule has 0 fully saturated rings. The molecule has 0 aliphatic heterocycles. The summed E-state index contributed by atoms with van der Waals surface area (Å²) >= 11 is 0. The van der Waals surface area contributed by atoms with Crippen LogP contribution in [-0.4, -0.2) is 33.1 Å². The van der Waals surface area contributed by atoms with Crippen LogP contribution in [0.25, 0.3) is 22.3 Å². The minimum atomic E-state index is -0.541. The average molecular weight is 405 g/mol. The van der Waals surface area contributed by atoms with Gasteiger partial charge in [0.05, 0.1) is 17.6 Å². The lowest BCUT2D eigenvalue weighted by molar-refractivity contribution is 0.101. The second-order valence-electron chi connectivity index (χ2n) is 7.08. The lowest BCUT2D eigenvalue weighted by Gasteiger charge is -2.13. The lowest BCUT2D eigenvalue weighted by Crippen LogP contribution is -2.14. The Labute approximate surface area is 171 Å². The van der Waals surface area contributed by atoms with Crippen molar-refractivity contribution in [2.24, 2.45) is 5.92 Å². The molecule has 0 aliphatic carbocycles. The van der Waals surface area contributed by atoms with Gasteiger partial charge in [0.2, 0.25) is 0 Å². The van der Waals surface area contributed by atoms with Crippen molar-refractivity contribution in [2.75, 3.05) is 11.9 Å². The highest BCUT2D eigenvalue weighted by atomic mass is 16.5. The molecule has 0 saturated carbocycles. The van der Waals surface area contributed by atoms with E-state index in [1.54, 1.807) is 18.2 Å². The Balaban J connectivity index is 1.67. The Bertz CT molecular complexity index is 1250. The number of nitrogens with zero attached hydrogens (tertiary/aromatic N) is 3. The minimum Gasteiger partial charge on any atom is -0.493 e. The first kappa shape index (κ1) is 19.3. The molecule has 0 spiro atoms. The number of benzene rings is 2. The Morgan fingerprint density at radius 3 is 2.80 bits per heavy atom. The zero-order valence-corrected chi connectivity index (χ0v) is 16.4. The first-order valence-electron chi connectivity index (χ1n) is 9.36. The summed E-state index contributed by atoms with van der Waals surface area (Å²) in [6.45, 7) is 4.68. The van der Waals surface area contributed by atoms with Gasteiger partial charge in [-0.2, -0.15) is 5.21 Å². The fraction of sp³-hybridized carbons (Fsp3) is 0.190. The molecule has 0 saturated heterocycles. The number of H-pyrrole nitrogens is 1. The summed E-state index contributed by atoms with van der Waals surface area (Å²) in [6, 6.07) is 13.7. The van der Waals surface area contributed by atoms with Crippen molar-refractivity contribution >= 4 is 22.6 Å². The van der Waals surface area contributed by atoms with Crippen LogP contribution in [0.15, 0.2) is 57.7 Å². The topological polar surface area (TPSA) is 123 Å². The highest BCUT2D eigenvalue weighted by Gasteiger charge is 2.14. The molecule has 2 heterocycles. The molecule has 30 heavy (non-hydrogen) atoms. The number of para-hydroxylation sites is 1. The molecule has 2 N–H and O–H groups in total. The summed E-state index contributed by atoms with van der Waals surface area (Å²) < 4.78 is 11.9. The highest BCUT2D eigenvalue weighted by Crippen LogP contribution is 2.31. The van der Waals surface area contributed by atoms with E-state index >= 15 is 0 Å². The Morgan fingerprint density at radius 1 is 1.20 bits per heavy atom. The molecular weight excluding hydrogens is 386 g/mol. The van der Waals surface area contributed by atoms with Crippen LogP contribution in [0.2, 0.25) is 0 Å². The van der Waals surface area contributed by atoms with Gasteiger partial charge in [0, 0.05) is 11.8 Å². The lowest BCUT2D eigenvalue weighted by atomic mass is 10.1. The normalized spacial score (nSPS) is 11.0. The number of hydrogen-bond donors (Lipinski definition) is 2. The number of tetrazole rings is 1. The van der Waals surface area contributed by atoms with E-state index in [0.717, 1.165) is 0 Å². The van der Waals surface area contributed by atoms with Crippen molar-refractivity contribution in [1.82, 2.24) is 20.6 Å². The summed E-state index contributed by atoms with van der Waals surface area (Å²) in [5.74, 6) is 0.784. The van der Waals surface area contributed by atoms with E-state index in [4.69, 9.17) is 9.15 Å². The number of rotatable bonds is 6. The van der Waals surface area contributed by atoms with Gasteiger partial charge in [0.1, 0.15) is 17.1 Å². The van der Waals surface area contributed by atoms with Gasteiger partial charge < -0.3 is 14.5 Å². The van der Waals surface area contributed by atoms with Gasteiger partial charge in [-0.25, -0.2) is 0 Å². The standard InChI is InChI=1S/C21H19N5O4/c1-12(2)11-29-17-6-4-3-5-14(17)19-10-16(27)15-9-13(7-8-18(15)30-19)22-21(28)20-23-25-26-24-20/h3-10,12H,11H2,1-2H3,(H,22,28)(H,23,24,25,26). The zero-order chi connectivity index (χ0) is 21.1. The van der Waals surface area contributed by atoms with Crippen LogP contribution >= 0.6 is 0 Å². The van der Waals surface area contributed by atoms with E-state index in [-0.39, 0.29) is 11.3 Å². The number of fused-ring (bicyclic) bond motifs is 1. The highest BCUT2D eigenvalue weighted by molar-refractivity contribution is 6.02. The average Bonchev–Trinajstić information content (AvgIpc) is 3.28. The van der Waals surface area contributed by atoms with Gasteiger partial charge in [-0.15, -0.1) is 10.2 Å². The molecule has 4 rings (SSSR count). The number of carbonyl (C=O) groups excluding carboxylic acids is 1. The van der Waals surface area contributed by atoms with E-state index in [9.17, 15) is 9.59 Å². The van der Waals surface area contributed by atoms with Crippen LogP contribution < -0.4 is 15.5 Å². The number of aromatic amines is 1. The first-order valence-corrected chi connectivity index (χ1v) is 9.36. The van der Waals surface area contributed by atoms with Crippen LogP contribution in [0.3, 0.4) is 0 Å². The maximum absolute atomic E-state index is 12.8. The fourth-order valence-electron chi connectivity index (χ4n) is 2.86. The van der Waals surface area contributed by atoms with Gasteiger partial charge in [0.15, 0.2) is 5.43 Å². The van der Waals surface area contributed by atoms with E-state index in [1.165, 1.54) is 6.07 Å². The van der Waals surface area contributed by atoms with Crippen LogP contribution in [0.4, 0.5) is 5.69 Å². The van der Waals surface area contributed by atoms with Crippen molar-refractivity contribution in [3.63, 3.8) is 0 Å². The van der Waals surface area contributed by atoms with Gasteiger partial charge in [0.25, 0.3) is 11.7 Å². The predicted octanol–water partition coefficient (Wildman–Crippen LogP) is 3.26. The molecule has 0 unspecified atom stereocenters. The monoisotopic (exact) mass is 405 g/mol. The maximum Gasteiger partial charge on any atom is 0.297 e. The third-order valence-electron chi connectivity index (χ3n) is 4.26. The minimum absolute atomic E-state index is 0.101. The summed E-state index contributed by atoms with van der Waals surface area (Å²) in [5.41, 5.74) is 1.28. The van der Waals surface area contributed by atoms with Gasteiger partial charge >= 0.3 is 0 Å². The molecule has 2 aromatic carbocycles. The molecule has 0 atom stereocenters. The zero-order valence-electron chi connectivity index (χ0n) is 16.4. The number of hydrogen-bond acceptors (Lipinski definition) is 7. The molecule has 0 aliphatic rings. The number of amides is 1. The summed E-state index contributed by atoms with van der Waals surface area (Å²) in [4.78, 5) is 24.8. The second-order valence-corrected chi connectivity index (χ2v) is 7.08. The molecule has 9 heteroatoms. The molecule has 152 valence electrons. The number of aromatic nitrogens is 4. The van der Waals surface area contributed by atoms with E-state index in [1.807, 2.05) is 24.3 Å². The van der Waals surface area contributed by atoms with Gasteiger partial charge in [-0.1, -0.05) is 26.0 Å². The number of nitrogens with one attached hydrogen (secondary N) is 2. The predicted molar refractivity (Wildman–Crippen MR) is 110 cm³/mol. The van der Waals surface area contributed by atoms with Crippen LogP contribution in [0, 0.1) is 5.92 Å². The molecule has 0 bridgehead atoms. The smallest absolute Gasteiger partial charge is 0.297 e. The Hall–Kier alpha value is -4.01. The van der Waals surface area contributed by atoms with Crippen molar-refractivity contribution in [3.8, 4) is 17.1 Å². The fourth-order valence-corrected chi connectivity index (χ4v) is 2.86. The second kappa shape index (κ2) is 8.16. The third-order valence-corrected chi connectivity index (χ3v) is 4.26. The van der Waals surface area contributed by atoms with Crippen molar-refractivity contribution in [3.05, 3.63) is 64.6 Å².